The van der Waals surface area contributed by atoms with Gasteiger partial charge in [-0.15, -0.1) is 0 Å². The summed E-state index contributed by atoms with van der Waals surface area (Å²) in [5.41, 5.74) is 2.05. The van der Waals surface area contributed by atoms with E-state index in [1.807, 2.05) is 6.07 Å². The number of piperidine rings is 1. The molecule has 0 bridgehead atoms. The van der Waals surface area contributed by atoms with Gasteiger partial charge in [0.1, 0.15) is 0 Å². The lowest BCUT2D eigenvalue weighted by Gasteiger charge is -2.32. The highest BCUT2D eigenvalue weighted by Gasteiger charge is 2.25. The Morgan fingerprint density at radius 1 is 1.48 bits per heavy atom. The van der Waals surface area contributed by atoms with Crippen molar-refractivity contribution in [3.8, 4) is 0 Å². The Hall–Kier alpha value is -1.62. The molecular formula is C16H24N2O3. The van der Waals surface area contributed by atoms with Crippen LogP contribution in [-0.4, -0.2) is 40.8 Å². The molecule has 0 aliphatic carbocycles. The van der Waals surface area contributed by atoms with Crippen molar-refractivity contribution in [3.05, 3.63) is 29.6 Å². The molecule has 1 aliphatic rings. The fourth-order valence-corrected chi connectivity index (χ4v) is 2.74. The van der Waals surface area contributed by atoms with Crippen LogP contribution in [0.2, 0.25) is 0 Å². The highest BCUT2D eigenvalue weighted by Crippen LogP contribution is 2.30. The molecule has 0 atom stereocenters. The number of rotatable bonds is 5. The minimum Gasteiger partial charge on any atom is -0.449 e. The molecule has 1 N–H and O–H groups in total. The van der Waals surface area contributed by atoms with Gasteiger partial charge in [-0.05, 0) is 42.4 Å². The summed E-state index contributed by atoms with van der Waals surface area (Å²) in [6.45, 7) is 4.02. The van der Waals surface area contributed by atoms with Gasteiger partial charge in [0.05, 0.1) is 13.2 Å². The molecule has 2 rings (SSSR count). The molecule has 0 radical (unpaired) electrons. The molecule has 1 fully saturated rings. The van der Waals surface area contributed by atoms with Gasteiger partial charge in [-0.3, -0.25) is 4.98 Å². The molecule has 1 saturated heterocycles. The lowest BCUT2D eigenvalue weighted by atomic mass is 9.87. The number of amides is 1. The van der Waals surface area contributed by atoms with E-state index in [1.165, 1.54) is 0 Å². The number of hydrogen-bond donors (Lipinski definition) is 1. The van der Waals surface area contributed by atoms with Crippen LogP contribution < -0.4 is 0 Å². The van der Waals surface area contributed by atoms with Gasteiger partial charge < -0.3 is 14.7 Å². The molecule has 0 saturated carbocycles. The lowest BCUT2D eigenvalue weighted by molar-refractivity contribution is 0.0914. The summed E-state index contributed by atoms with van der Waals surface area (Å²) in [6.07, 6.45) is 7.04. The minimum absolute atomic E-state index is 0.0163. The average molecular weight is 292 g/mol. The molecule has 1 aliphatic heterocycles. The maximum Gasteiger partial charge on any atom is 0.409 e. The van der Waals surface area contributed by atoms with Gasteiger partial charge in [-0.25, -0.2) is 4.79 Å². The number of carbonyl (C=O) groups excluding carboxylic acids is 1. The van der Waals surface area contributed by atoms with E-state index in [-0.39, 0.29) is 12.7 Å². The Bertz CT molecular complexity index is 457. The number of aliphatic hydroxyl groups is 1. The van der Waals surface area contributed by atoms with Crippen LogP contribution in [0.15, 0.2) is 18.5 Å². The Morgan fingerprint density at radius 2 is 2.24 bits per heavy atom. The minimum atomic E-state index is -0.195. The van der Waals surface area contributed by atoms with Crippen LogP contribution >= 0.6 is 0 Å². The van der Waals surface area contributed by atoms with Gasteiger partial charge in [-0.2, -0.15) is 0 Å². The Labute approximate surface area is 125 Å². The molecule has 0 spiro atoms. The van der Waals surface area contributed by atoms with Crippen LogP contribution in [0.25, 0.3) is 0 Å². The highest BCUT2D eigenvalue weighted by atomic mass is 16.6. The normalized spacial score (nSPS) is 16.0. The number of unbranched alkanes of at least 4 members (excludes halogenated alkanes) is 1. The lowest BCUT2D eigenvalue weighted by Crippen LogP contribution is -2.38. The zero-order valence-corrected chi connectivity index (χ0v) is 12.6. The molecule has 1 aromatic heterocycles. The van der Waals surface area contributed by atoms with Crippen LogP contribution in [0.4, 0.5) is 4.79 Å². The van der Waals surface area contributed by atoms with Crippen molar-refractivity contribution in [2.24, 2.45) is 0 Å². The summed E-state index contributed by atoms with van der Waals surface area (Å²) in [7, 11) is 0. The highest BCUT2D eigenvalue weighted by molar-refractivity contribution is 5.67. The standard InChI is InChI=1S/C16H24N2O3/c1-2-3-10-21-16(20)18-8-5-13(6-9-18)15-4-7-17-11-14(15)12-19/h4,7,11,13,19H,2-3,5-6,8-10,12H2,1H3. The number of nitrogens with zero attached hydrogens (tertiary/aromatic N) is 2. The summed E-state index contributed by atoms with van der Waals surface area (Å²) in [4.78, 5) is 17.7. The van der Waals surface area contributed by atoms with E-state index in [0.717, 1.165) is 36.8 Å². The van der Waals surface area contributed by atoms with Crippen molar-refractivity contribution in [1.82, 2.24) is 9.88 Å². The molecule has 0 aromatic carbocycles. The summed E-state index contributed by atoms with van der Waals surface area (Å²) < 4.78 is 5.24. The van der Waals surface area contributed by atoms with Crippen LogP contribution in [0.3, 0.4) is 0 Å². The Morgan fingerprint density at radius 3 is 2.90 bits per heavy atom. The number of carbonyl (C=O) groups is 1. The van der Waals surface area contributed by atoms with Crippen LogP contribution in [0, 0.1) is 0 Å². The van der Waals surface area contributed by atoms with E-state index < -0.39 is 0 Å². The first-order valence-corrected chi connectivity index (χ1v) is 7.71. The van der Waals surface area contributed by atoms with Gasteiger partial charge in [0.15, 0.2) is 0 Å². The molecule has 2 heterocycles. The van der Waals surface area contributed by atoms with Gasteiger partial charge in [0, 0.05) is 25.5 Å². The first kappa shape index (κ1) is 15.8. The second-order valence-electron chi connectivity index (χ2n) is 5.46. The number of pyridine rings is 1. The topological polar surface area (TPSA) is 62.7 Å². The fraction of sp³-hybridized carbons (Fsp3) is 0.625. The van der Waals surface area contributed by atoms with Crippen LogP contribution in [0.1, 0.15) is 49.7 Å². The summed E-state index contributed by atoms with van der Waals surface area (Å²) in [5, 5.41) is 9.39. The predicted octanol–water partition coefficient (Wildman–Crippen LogP) is 2.69. The quantitative estimate of drug-likeness (QED) is 0.848. The van der Waals surface area contributed by atoms with E-state index in [9.17, 15) is 9.90 Å². The van der Waals surface area contributed by atoms with Crippen molar-refractivity contribution in [1.29, 1.82) is 0 Å². The number of aliphatic hydroxyl groups excluding tert-OH is 1. The van der Waals surface area contributed by atoms with Crippen molar-refractivity contribution in [2.45, 2.75) is 45.1 Å². The number of hydrogen-bond acceptors (Lipinski definition) is 4. The largest absolute Gasteiger partial charge is 0.449 e. The van der Waals surface area contributed by atoms with Crippen molar-refractivity contribution in [3.63, 3.8) is 0 Å². The summed E-state index contributed by atoms with van der Waals surface area (Å²) in [5.74, 6) is 0.384. The zero-order valence-electron chi connectivity index (χ0n) is 12.6. The maximum atomic E-state index is 11.9. The first-order valence-electron chi connectivity index (χ1n) is 7.71. The summed E-state index contributed by atoms with van der Waals surface area (Å²) in [6, 6.07) is 1.98. The zero-order chi connectivity index (χ0) is 15.1. The van der Waals surface area contributed by atoms with Gasteiger partial charge in [0.2, 0.25) is 0 Å². The van der Waals surface area contributed by atoms with E-state index in [2.05, 4.69) is 11.9 Å². The van der Waals surface area contributed by atoms with E-state index in [4.69, 9.17) is 4.74 Å². The van der Waals surface area contributed by atoms with E-state index >= 15 is 0 Å². The molecule has 1 aromatic rings. The average Bonchev–Trinajstić information content (AvgIpc) is 2.55. The smallest absolute Gasteiger partial charge is 0.409 e. The SMILES string of the molecule is CCCCOC(=O)N1CCC(c2ccncc2CO)CC1. The van der Waals surface area contributed by atoms with Gasteiger partial charge >= 0.3 is 6.09 Å². The summed E-state index contributed by atoms with van der Waals surface area (Å²) >= 11 is 0. The van der Waals surface area contributed by atoms with E-state index in [0.29, 0.717) is 25.6 Å². The third-order valence-electron chi connectivity index (χ3n) is 4.03. The fourth-order valence-electron chi connectivity index (χ4n) is 2.74. The molecule has 1 amide bonds. The van der Waals surface area contributed by atoms with Gasteiger partial charge in [0.25, 0.3) is 0 Å². The Kier molecular flexibility index (Phi) is 5.99. The van der Waals surface area contributed by atoms with Crippen LogP contribution in [0.5, 0.6) is 0 Å². The van der Waals surface area contributed by atoms with Crippen LogP contribution in [-0.2, 0) is 11.3 Å². The first-order chi connectivity index (χ1) is 10.3. The molecule has 5 heteroatoms. The molecule has 5 nitrogen and oxygen atoms in total. The number of ether oxygens (including phenoxy) is 1. The van der Waals surface area contributed by atoms with Crippen molar-refractivity contribution >= 4 is 6.09 Å². The monoisotopic (exact) mass is 292 g/mol. The van der Waals surface area contributed by atoms with Gasteiger partial charge in [-0.1, -0.05) is 13.3 Å². The molecule has 21 heavy (non-hydrogen) atoms. The second-order valence-corrected chi connectivity index (χ2v) is 5.46. The van der Waals surface area contributed by atoms with Crippen molar-refractivity contribution < 1.29 is 14.6 Å². The maximum absolute atomic E-state index is 11.9. The predicted molar refractivity (Wildman–Crippen MR) is 80.0 cm³/mol. The molecular weight excluding hydrogens is 268 g/mol. The Balaban J connectivity index is 1.87. The second kappa shape index (κ2) is 7.98. The third-order valence-corrected chi connectivity index (χ3v) is 4.03. The van der Waals surface area contributed by atoms with Crippen molar-refractivity contribution in [2.75, 3.05) is 19.7 Å². The van der Waals surface area contributed by atoms with E-state index in [1.54, 1.807) is 17.3 Å². The number of likely N-dealkylation sites (tertiary alicyclic amines) is 1. The molecule has 116 valence electrons. The molecule has 0 unspecified atom stereocenters. The third kappa shape index (κ3) is 4.17. The number of aromatic nitrogens is 1.